The molecule has 0 aliphatic heterocycles. The van der Waals surface area contributed by atoms with Gasteiger partial charge in [-0.2, -0.15) is 0 Å². The average molecular weight is 158 g/mol. The zero-order valence-corrected chi connectivity index (χ0v) is 6.91. The zero-order valence-electron chi connectivity index (χ0n) is 6.91. The Morgan fingerprint density at radius 2 is 2.17 bits per heavy atom. The van der Waals surface area contributed by atoms with Gasteiger partial charge >= 0.3 is 0 Å². The minimum Gasteiger partial charge on any atom is -0.397 e. The summed E-state index contributed by atoms with van der Waals surface area (Å²) in [5.74, 6) is 0. The number of aryl methyl sites for hydroxylation is 1. The number of rotatable bonds is 0. The highest BCUT2D eigenvalue weighted by molar-refractivity contribution is 5.83. The quantitative estimate of drug-likeness (QED) is 0.637. The van der Waals surface area contributed by atoms with Crippen molar-refractivity contribution in [3.8, 4) is 0 Å². The molecule has 0 spiro atoms. The van der Waals surface area contributed by atoms with E-state index in [-0.39, 0.29) is 0 Å². The fourth-order valence-electron chi connectivity index (χ4n) is 1.33. The second-order valence-corrected chi connectivity index (χ2v) is 2.92. The number of aromatic nitrogens is 1. The van der Waals surface area contributed by atoms with Crippen LogP contribution in [-0.4, -0.2) is 4.98 Å². The van der Waals surface area contributed by atoms with Crippen LogP contribution in [0.2, 0.25) is 0 Å². The highest BCUT2D eigenvalue weighted by atomic mass is 14.7. The second kappa shape index (κ2) is 2.48. The molecule has 0 radical (unpaired) electrons. The van der Waals surface area contributed by atoms with E-state index in [9.17, 15) is 0 Å². The molecule has 0 bridgehead atoms. The van der Waals surface area contributed by atoms with Crippen LogP contribution in [-0.2, 0) is 0 Å². The second-order valence-electron chi connectivity index (χ2n) is 2.92. The summed E-state index contributed by atoms with van der Waals surface area (Å²) in [5, 5.41) is 1.11. The zero-order chi connectivity index (χ0) is 8.55. The highest BCUT2D eigenvalue weighted by Crippen LogP contribution is 2.17. The van der Waals surface area contributed by atoms with Gasteiger partial charge in [-0.15, -0.1) is 0 Å². The van der Waals surface area contributed by atoms with E-state index in [0.717, 1.165) is 10.9 Å². The Labute approximate surface area is 71.0 Å². The molecule has 2 rings (SSSR count). The van der Waals surface area contributed by atoms with E-state index in [1.807, 2.05) is 31.2 Å². The summed E-state index contributed by atoms with van der Waals surface area (Å²) in [7, 11) is 0. The van der Waals surface area contributed by atoms with Crippen molar-refractivity contribution in [2.24, 2.45) is 0 Å². The molecule has 2 N–H and O–H groups in total. The minimum atomic E-state index is 0.716. The Hall–Kier alpha value is -1.57. The number of nitrogens with zero attached hydrogens (tertiary/aromatic N) is 1. The third-order valence-electron chi connectivity index (χ3n) is 1.93. The molecule has 1 aromatic carbocycles. The lowest BCUT2D eigenvalue weighted by Gasteiger charge is -2.00. The lowest BCUT2D eigenvalue weighted by atomic mass is 10.1. The highest BCUT2D eigenvalue weighted by Gasteiger charge is 1.96. The molecule has 0 saturated heterocycles. The van der Waals surface area contributed by atoms with Crippen molar-refractivity contribution in [2.75, 3.05) is 5.73 Å². The van der Waals surface area contributed by atoms with E-state index in [2.05, 4.69) is 4.98 Å². The van der Waals surface area contributed by atoms with E-state index in [1.54, 1.807) is 6.20 Å². The van der Waals surface area contributed by atoms with Gasteiger partial charge in [-0.25, -0.2) is 0 Å². The van der Waals surface area contributed by atoms with Gasteiger partial charge < -0.3 is 5.73 Å². The van der Waals surface area contributed by atoms with Crippen LogP contribution < -0.4 is 5.73 Å². The predicted molar refractivity (Wildman–Crippen MR) is 50.9 cm³/mol. The number of nitrogen functional groups attached to an aromatic ring is 1. The van der Waals surface area contributed by atoms with E-state index in [0.29, 0.717) is 5.69 Å². The van der Waals surface area contributed by atoms with Gasteiger partial charge in [-0.05, 0) is 18.6 Å². The number of pyridine rings is 1. The largest absolute Gasteiger partial charge is 0.397 e. The molecule has 1 aromatic heterocycles. The summed E-state index contributed by atoms with van der Waals surface area (Å²) in [6.07, 6.45) is 1.69. The molecule has 1 heterocycles. The van der Waals surface area contributed by atoms with Crippen LogP contribution in [0.15, 0.2) is 30.5 Å². The first-order chi connectivity index (χ1) is 5.77. The molecule has 12 heavy (non-hydrogen) atoms. The van der Waals surface area contributed by atoms with Crippen LogP contribution in [0.25, 0.3) is 10.9 Å². The Bertz CT molecular complexity index is 421. The van der Waals surface area contributed by atoms with Gasteiger partial charge in [0, 0.05) is 5.39 Å². The Balaban J connectivity index is 2.86. The molecule has 0 saturated carbocycles. The van der Waals surface area contributed by atoms with Crippen molar-refractivity contribution in [1.82, 2.24) is 4.98 Å². The van der Waals surface area contributed by atoms with E-state index < -0.39 is 0 Å². The van der Waals surface area contributed by atoms with Gasteiger partial charge in [-0.3, -0.25) is 4.98 Å². The average Bonchev–Trinajstić information content (AvgIpc) is 2.04. The summed E-state index contributed by atoms with van der Waals surface area (Å²) in [5.41, 5.74) is 8.55. The van der Waals surface area contributed by atoms with Crippen molar-refractivity contribution < 1.29 is 0 Å². The van der Waals surface area contributed by atoms with Crippen LogP contribution in [0, 0.1) is 6.92 Å². The summed E-state index contributed by atoms with van der Waals surface area (Å²) in [6.45, 7) is 2.05. The summed E-state index contributed by atoms with van der Waals surface area (Å²) >= 11 is 0. The number of hydrogen-bond donors (Lipinski definition) is 1. The lowest BCUT2D eigenvalue weighted by Crippen LogP contribution is -1.88. The first-order valence-electron chi connectivity index (χ1n) is 3.88. The number of fused-ring (bicyclic) bond motifs is 1. The third kappa shape index (κ3) is 1.01. The van der Waals surface area contributed by atoms with Gasteiger partial charge in [0.2, 0.25) is 0 Å². The van der Waals surface area contributed by atoms with Crippen molar-refractivity contribution in [3.05, 3.63) is 36.0 Å². The topological polar surface area (TPSA) is 38.9 Å². The molecule has 60 valence electrons. The first-order valence-corrected chi connectivity index (χ1v) is 3.88. The molecule has 0 aliphatic carbocycles. The normalized spacial score (nSPS) is 10.4. The van der Waals surface area contributed by atoms with E-state index in [4.69, 9.17) is 5.73 Å². The van der Waals surface area contributed by atoms with Crippen LogP contribution in [0.4, 0.5) is 5.69 Å². The Morgan fingerprint density at radius 3 is 3.00 bits per heavy atom. The Kier molecular flexibility index (Phi) is 1.47. The van der Waals surface area contributed by atoms with Gasteiger partial charge in [0.25, 0.3) is 0 Å². The van der Waals surface area contributed by atoms with Crippen molar-refractivity contribution in [1.29, 1.82) is 0 Å². The van der Waals surface area contributed by atoms with Gasteiger partial charge in [0.15, 0.2) is 0 Å². The summed E-state index contributed by atoms with van der Waals surface area (Å²) in [6, 6.07) is 8.02. The fourth-order valence-corrected chi connectivity index (χ4v) is 1.33. The van der Waals surface area contributed by atoms with Crippen LogP contribution in [0.1, 0.15) is 5.56 Å². The molecular formula is C10H10N2. The molecular weight excluding hydrogens is 148 g/mol. The van der Waals surface area contributed by atoms with Crippen LogP contribution >= 0.6 is 0 Å². The monoisotopic (exact) mass is 158 g/mol. The molecule has 0 atom stereocenters. The lowest BCUT2D eigenvalue weighted by molar-refractivity contribution is 1.37. The first kappa shape index (κ1) is 7.10. The van der Waals surface area contributed by atoms with Crippen molar-refractivity contribution in [3.63, 3.8) is 0 Å². The minimum absolute atomic E-state index is 0.716. The number of benzene rings is 1. The molecule has 0 aliphatic rings. The number of hydrogen-bond acceptors (Lipinski definition) is 2. The molecule has 0 amide bonds. The van der Waals surface area contributed by atoms with E-state index >= 15 is 0 Å². The maximum absolute atomic E-state index is 5.61. The van der Waals surface area contributed by atoms with E-state index in [1.165, 1.54) is 5.56 Å². The van der Waals surface area contributed by atoms with Crippen LogP contribution in [0.3, 0.4) is 0 Å². The maximum atomic E-state index is 5.61. The summed E-state index contributed by atoms with van der Waals surface area (Å²) in [4.78, 5) is 4.26. The van der Waals surface area contributed by atoms with Crippen LogP contribution in [0.5, 0.6) is 0 Å². The molecule has 2 heteroatoms. The van der Waals surface area contributed by atoms with Crippen molar-refractivity contribution >= 4 is 16.6 Å². The van der Waals surface area contributed by atoms with Gasteiger partial charge in [-0.1, -0.05) is 18.2 Å². The molecule has 0 fully saturated rings. The third-order valence-corrected chi connectivity index (χ3v) is 1.93. The maximum Gasteiger partial charge on any atom is 0.0732 e. The standard InChI is InChI=1S/C10H10N2/c1-7-3-2-4-8-5-9(11)6-12-10(7)8/h2-6H,11H2,1H3. The molecule has 2 aromatic rings. The van der Waals surface area contributed by atoms with Gasteiger partial charge in [0.1, 0.15) is 0 Å². The van der Waals surface area contributed by atoms with Gasteiger partial charge in [0.05, 0.1) is 17.4 Å². The number of nitrogens with two attached hydrogens (primary N) is 1. The fraction of sp³-hybridized carbons (Fsp3) is 0.100. The smallest absolute Gasteiger partial charge is 0.0732 e. The predicted octanol–water partition coefficient (Wildman–Crippen LogP) is 2.13. The number of para-hydroxylation sites is 1. The Morgan fingerprint density at radius 1 is 1.33 bits per heavy atom. The summed E-state index contributed by atoms with van der Waals surface area (Å²) < 4.78 is 0. The molecule has 0 unspecified atom stereocenters. The SMILES string of the molecule is Cc1cccc2cc(N)cnc12. The number of anilines is 1. The molecule has 2 nitrogen and oxygen atoms in total. The van der Waals surface area contributed by atoms with Crippen molar-refractivity contribution in [2.45, 2.75) is 6.92 Å².